The van der Waals surface area contributed by atoms with Crippen molar-refractivity contribution in [2.75, 3.05) is 0 Å². The molecule has 0 bridgehead atoms. The maximum absolute atomic E-state index is 12.7. The van der Waals surface area contributed by atoms with E-state index in [0.717, 1.165) is 17.5 Å². The number of benzene rings is 1. The van der Waals surface area contributed by atoms with Crippen LogP contribution in [-0.4, -0.2) is 5.78 Å². The Labute approximate surface area is 83.9 Å². The van der Waals surface area contributed by atoms with E-state index in [1.54, 1.807) is 6.07 Å². The van der Waals surface area contributed by atoms with Crippen molar-refractivity contribution in [2.24, 2.45) is 0 Å². The van der Waals surface area contributed by atoms with Crippen LogP contribution in [0.15, 0.2) is 18.2 Å². The van der Waals surface area contributed by atoms with Gasteiger partial charge in [0.05, 0.1) is 0 Å². The van der Waals surface area contributed by atoms with Crippen LogP contribution in [0.1, 0.15) is 30.9 Å². The van der Waals surface area contributed by atoms with Crippen molar-refractivity contribution in [3.05, 3.63) is 35.1 Å². The van der Waals surface area contributed by atoms with Gasteiger partial charge in [-0.15, -0.1) is 0 Å². The fraction of sp³-hybridized carbons (Fsp3) is 0.417. The van der Waals surface area contributed by atoms with Crippen molar-refractivity contribution < 1.29 is 9.18 Å². The van der Waals surface area contributed by atoms with Gasteiger partial charge in [0, 0.05) is 12.8 Å². The molecule has 0 aliphatic carbocycles. The third kappa shape index (κ3) is 2.95. The molecule has 0 spiro atoms. The van der Waals surface area contributed by atoms with Crippen molar-refractivity contribution in [3.63, 3.8) is 0 Å². The molecule has 14 heavy (non-hydrogen) atoms. The van der Waals surface area contributed by atoms with Crippen LogP contribution in [0.5, 0.6) is 0 Å². The quantitative estimate of drug-likeness (QED) is 0.720. The van der Waals surface area contributed by atoms with Gasteiger partial charge in [-0.3, -0.25) is 4.79 Å². The Morgan fingerprint density at radius 1 is 1.43 bits per heavy atom. The molecule has 0 aliphatic heterocycles. The second kappa shape index (κ2) is 4.89. The van der Waals surface area contributed by atoms with Crippen LogP contribution in [0, 0.1) is 12.7 Å². The van der Waals surface area contributed by atoms with Crippen molar-refractivity contribution in [2.45, 2.75) is 33.1 Å². The fourth-order valence-electron chi connectivity index (χ4n) is 1.39. The summed E-state index contributed by atoms with van der Waals surface area (Å²) in [5.41, 5.74) is 1.99. The lowest BCUT2D eigenvalue weighted by molar-refractivity contribution is -0.118. The standard InChI is InChI=1S/C12H15FO/c1-3-12(14)7-5-10-4-6-11(13)8-9(10)2/h4,6,8H,3,5,7H2,1-2H3. The van der Waals surface area contributed by atoms with Crippen molar-refractivity contribution >= 4 is 5.78 Å². The number of hydrogen-bond acceptors (Lipinski definition) is 1. The summed E-state index contributed by atoms with van der Waals surface area (Å²) in [7, 11) is 0. The molecule has 76 valence electrons. The van der Waals surface area contributed by atoms with Crippen LogP contribution >= 0.6 is 0 Å². The smallest absolute Gasteiger partial charge is 0.132 e. The molecule has 0 amide bonds. The molecule has 0 aliphatic rings. The van der Waals surface area contributed by atoms with E-state index in [1.165, 1.54) is 12.1 Å². The first-order valence-corrected chi connectivity index (χ1v) is 4.90. The molecule has 0 aromatic heterocycles. The van der Waals surface area contributed by atoms with Gasteiger partial charge in [-0.05, 0) is 36.6 Å². The number of hydrogen-bond donors (Lipinski definition) is 0. The maximum Gasteiger partial charge on any atom is 0.132 e. The summed E-state index contributed by atoms with van der Waals surface area (Å²) in [5, 5.41) is 0. The Bertz CT molecular complexity index is 331. The Hall–Kier alpha value is -1.18. The molecule has 0 fully saturated rings. The van der Waals surface area contributed by atoms with E-state index in [4.69, 9.17) is 0 Å². The molecule has 0 saturated heterocycles. The van der Waals surface area contributed by atoms with Crippen molar-refractivity contribution in [1.82, 2.24) is 0 Å². The largest absolute Gasteiger partial charge is 0.300 e. The zero-order valence-electron chi connectivity index (χ0n) is 8.64. The molecule has 2 heteroatoms. The first kappa shape index (κ1) is 10.9. The molecule has 0 saturated carbocycles. The zero-order valence-corrected chi connectivity index (χ0v) is 8.64. The molecular formula is C12H15FO. The lowest BCUT2D eigenvalue weighted by Crippen LogP contribution is -1.99. The number of carbonyl (C=O) groups excluding carboxylic acids is 1. The van der Waals surface area contributed by atoms with Crippen molar-refractivity contribution in [1.29, 1.82) is 0 Å². The van der Waals surface area contributed by atoms with E-state index >= 15 is 0 Å². The van der Waals surface area contributed by atoms with Gasteiger partial charge >= 0.3 is 0 Å². The number of Topliss-reactive ketones (excluding diaryl/α,β-unsaturated/α-hetero) is 1. The third-order valence-electron chi connectivity index (χ3n) is 2.37. The van der Waals surface area contributed by atoms with Crippen LogP contribution in [0.25, 0.3) is 0 Å². The number of ketones is 1. The molecule has 0 radical (unpaired) electrons. The van der Waals surface area contributed by atoms with Crippen LogP contribution < -0.4 is 0 Å². The van der Waals surface area contributed by atoms with Gasteiger partial charge < -0.3 is 0 Å². The highest BCUT2D eigenvalue weighted by atomic mass is 19.1. The second-order valence-electron chi connectivity index (χ2n) is 3.46. The van der Waals surface area contributed by atoms with E-state index in [2.05, 4.69) is 0 Å². The van der Waals surface area contributed by atoms with Crippen LogP contribution in [-0.2, 0) is 11.2 Å². The predicted octanol–water partition coefficient (Wildman–Crippen LogP) is 3.05. The van der Waals surface area contributed by atoms with Gasteiger partial charge in [0.25, 0.3) is 0 Å². The topological polar surface area (TPSA) is 17.1 Å². The minimum Gasteiger partial charge on any atom is -0.300 e. The van der Waals surface area contributed by atoms with E-state index in [0.29, 0.717) is 12.8 Å². The minimum absolute atomic E-state index is 0.215. The highest BCUT2D eigenvalue weighted by molar-refractivity contribution is 5.78. The average Bonchev–Trinajstić information content (AvgIpc) is 2.16. The summed E-state index contributed by atoms with van der Waals surface area (Å²) < 4.78 is 12.7. The Morgan fingerprint density at radius 2 is 2.14 bits per heavy atom. The van der Waals surface area contributed by atoms with Crippen LogP contribution in [0.2, 0.25) is 0 Å². The first-order valence-electron chi connectivity index (χ1n) is 4.90. The summed E-state index contributed by atoms with van der Waals surface area (Å²) in [6, 6.07) is 4.71. The van der Waals surface area contributed by atoms with E-state index in [1.807, 2.05) is 13.8 Å². The first-order chi connectivity index (χ1) is 6.63. The molecule has 0 unspecified atom stereocenters. The Morgan fingerprint density at radius 3 is 2.71 bits per heavy atom. The monoisotopic (exact) mass is 194 g/mol. The summed E-state index contributed by atoms with van der Waals surface area (Å²) in [6.07, 6.45) is 1.86. The van der Waals surface area contributed by atoms with Crippen molar-refractivity contribution in [3.8, 4) is 0 Å². The summed E-state index contributed by atoms with van der Waals surface area (Å²) in [5.74, 6) is 0.0433. The maximum atomic E-state index is 12.7. The van der Waals surface area contributed by atoms with Gasteiger partial charge in [0.15, 0.2) is 0 Å². The molecular weight excluding hydrogens is 179 g/mol. The van der Waals surface area contributed by atoms with Crippen LogP contribution in [0.4, 0.5) is 4.39 Å². The van der Waals surface area contributed by atoms with E-state index in [9.17, 15) is 9.18 Å². The third-order valence-corrected chi connectivity index (χ3v) is 2.37. The molecule has 0 heterocycles. The normalized spacial score (nSPS) is 10.2. The summed E-state index contributed by atoms with van der Waals surface area (Å²) in [6.45, 7) is 3.73. The molecule has 0 atom stereocenters. The SMILES string of the molecule is CCC(=O)CCc1ccc(F)cc1C. The average molecular weight is 194 g/mol. The minimum atomic E-state index is -0.215. The van der Waals surface area contributed by atoms with E-state index in [-0.39, 0.29) is 11.6 Å². The molecule has 1 aromatic rings. The predicted molar refractivity (Wildman–Crippen MR) is 54.8 cm³/mol. The van der Waals surface area contributed by atoms with Gasteiger partial charge in [-0.2, -0.15) is 0 Å². The Balaban J connectivity index is 2.63. The molecule has 1 rings (SSSR count). The highest BCUT2D eigenvalue weighted by Crippen LogP contribution is 2.12. The van der Waals surface area contributed by atoms with E-state index < -0.39 is 0 Å². The zero-order chi connectivity index (χ0) is 10.6. The molecule has 0 N–H and O–H groups in total. The molecule has 1 aromatic carbocycles. The lowest BCUT2D eigenvalue weighted by atomic mass is 10.0. The summed E-state index contributed by atoms with van der Waals surface area (Å²) >= 11 is 0. The van der Waals surface area contributed by atoms with Gasteiger partial charge in [0.1, 0.15) is 11.6 Å². The number of rotatable bonds is 4. The van der Waals surface area contributed by atoms with Gasteiger partial charge in [-0.1, -0.05) is 13.0 Å². The van der Waals surface area contributed by atoms with Gasteiger partial charge in [0.2, 0.25) is 0 Å². The highest BCUT2D eigenvalue weighted by Gasteiger charge is 2.03. The lowest BCUT2D eigenvalue weighted by Gasteiger charge is -2.04. The van der Waals surface area contributed by atoms with Gasteiger partial charge in [-0.25, -0.2) is 4.39 Å². The fourth-order valence-corrected chi connectivity index (χ4v) is 1.39. The summed E-state index contributed by atoms with van der Waals surface area (Å²) in [4.78, 5) is 11.1. The molecule has 1 nitrogen and oxygen atoms in total. The number of halogens is 1. The number of carbonyl (C=O) groups is 1. The number of aryl methyl sites for hydroxylation is 2. The van der Waals surface area contributed by atoms with Crippen LogP contribution in [0.3, 0.4) is 0 Å². The second-order valence-corrected chi connectivity index (χ2v) is 3.46. The Kier molecular flexibility index (Phi) is 3.81.